The van der Waals surface area contributed by atoms with Gasteiger partial charge in [-0.15, -0.1) is 11.3 Å². The van der Waals surface area contributed by atoms with Crippen LogP contribution in [0.5, 0.6) is 0 Å². The molecule has 2 heterocycles. The molecule has 2 aromatic rings. The van der Waals surface area contributed by atoms with E-state index >= 15 is 0 Å². The van der Waals surface area contributed by atoms with Crippen LogP contribution in [-0.4, -0.2) is 42.9 Å². The van der Waals surface area contributed by atoms with E-state index in [4.69, 9.17) is 9.98 Å². The van der Waals surface area contributed by atoms with Crippen molar-refractivity contribution in [1.82, 2.24) is 15.2 Å². The molecule has 0 saturated heterocycles. The highest BCUT2D eigenvalue weighted by atomic mass is 32.1. The summed E-state index contributed by atoms with van der Waals surface area (Å²) in [7, 11) is 4.05. The van der Waals surface area contributed by atoms with Crippen LogP contribution in [0.1, 0.15) is 21.1 Å². The van der Waals surface area contributed by atoms with Gasteiger partial charge in [-0.2, -0.15) is 0 Å². The first-order chi connectivity index (χ1) is 10.2. The van der Waals surface area contributed by atoms with Crippen molar-refractivity contribution in [1.29, 1.82) is 0 Å². The lowest BCUT2D eigenvalue weighted by molar-refractivity contribution is 0.495. The van der Waals surface area contributed by atoms with Gasteiger partial charge < -0.3 is 10.2 Å². The maximum Gasteiger partial charge on any atom is 0.156 e. The zero-order chi connectivity index (χ0) is 14.8. The van der Waals surface area contributed by atoms with Crippen molar-refractivity contribution < 1.29 is 0 Å². The van der Waals surface area contributed by atoms with Crippen molar-refractivity contribution >= 4 is 22.9 Å². The molecule has 5 heteroatoms. The van der Waals surface area contributed by atoms with Crippen LogP contribution in [0.3, 0.4) is 0 Å². The lowest BCUT2D eigenvalue weighted by Crippen LogP contribution is -2.33. The topological polar surface area (TPSA) is 40.5 Å². The lowest BCUT2D eigenvalue weighted by atomic mass is 10.1. The molecule has 1 aliphatic rings. The lowest BCUT2D eigenvalue weighted by Gasteiger charge is -2.20. The number of rotatable bonds is 3. The molecule has 1 aliphatic heterocycles. The Balaban J connectivity index is 2.07. The van der Waals surface area contributed by atoms with Crippen molar-refractivity contribution in [2.75, 3.05) is 27.2 Å². The molecule has 1 N–H and O–H groups in total. The quantitative estimate of drug-likeness (QED) is 0.947. The van der Waals surface area contributed by atoms with Crippen molar-refractivity contribution in [3.05, 3.63) is 45.4 Å². The van der Waals surface area contributed by atoms with Gasteiger partial charge in [-0.05, 0) is 25.6 Å². The monoisotopic (exact) mass is 300 g/mol. The number of nitrogens with zero attached hydrogens (tertiary/aromatic N) is 3. The first kappa shape index (κ1) is 14.2. The molecular weight excluding hydrogens is 280 g/mol. The van der Waals surface area contributed by atoms with E-state index in [-0.39, 0.29) is 0 Å². The van der Waals surface area contributed by atoms with E-state index < -0.39 is 0 Å². The largest absolute Gasteiger partial charge is 0.357 e. The van der Waals surface area contributed by atoms with Gasteiger partial charge in [-0.1, -0.05) is 18.2 Å². The summed E-state index contributed by atoms with van der Waals surface area (Å²) in [5.41, 5.74) is 3.39. The van der Waals surface area contributed by atoms with E-state index in [0.717, 1.165) is 41.7 Å². The second-order valence-corrected chi connectivity index (χ2v) is 6.56. The van der Waals surface area contributed by atoms with Crippen LogP contribution in [0.25, 0.3) is 0 Å². The van der Waals surface area contributed by atoms with Crippen molar-refractivity contribution in [2.24, 2.45) is 4.99 Å². The van der Waals surface area contributed by atoms with Gasteiger partial charge in [0.25, 0.3) is 0 Å². The Morgan fingerprint density at radius 3 is 2.95 bits per heavy atom. The fourth-order valence-electron chi connectivity index (χ4n) is 2.52. The number of likely N-dealkylation sites (N-methyl/N-ethyl adjacent to an activating group) is 2. The van der Waals surface area contributed by atoms with Crippen LogP contribution in [0.2, 0.25) is 0 Å². The third-order valence-corrected chi connectivity index (χ3v) is 4.61. The Morgan fingerprint density at radius 1 is 1.33 bits per heavy atom. The van der Waals surface area contributed by atoms with Crippen LogP contribution in [0, 0.1) is 6.92 Å². The highest BCUT2D eigenvalue weighted by molar-refractivity contribution is 7.11. The average Bonchev–Trinajstić information content (AvgIpc) is 2.76. The highest BCUT2D eigenvalue weighted by Gasteiger charge is 2.22. The number of aryl methyl sites for hydroxylation is 1. The van der Waals surface area contributed by atoms with Gasteiger partial charge in [0.1, 0.15) is 5.69 Å². The second kappa shape index (κ2) is 5.95. The molecule has 0 atom stereocenters. The van der Waals surface area contributed by atoms with Crippen molar-refractivity contribution in [3.8, 4) is 0 Å². The second-order valence-electron chi connectivity index (χ2n) is 5.27. The van der Waals surface area contributed by atoms with Crippen LogP contribution in [0.4, 0.5) is 5.69 Å². The third-order valence-electron chi connectivity index (χ3n) is 3.64. The van der Waals surface area contributed by atoms with Crippen LogP contribution in [-0.2, 0) is 6.42 Å². The Hall–Kier alpha value is -1.72. The van der Waals surface area contributed by atoms with Crippen molar-refractivity contribution in [3.63, 3.8) is 0 Å². The van der Waals surface area contributed by atoms with Gasteiger partial charge in [0.15, 0.2) is 5.84 Å². The number of nitrogens with one attached hydrogen (secondary N) is 1. The third kappa shape index (κ3) is 2.84. The molecule has 0 unspecified atom stereocenters. The summed E-state index contributed by atoms with van der Waals surface area (Å²) in [5.74, 6) is 0.981. The van der Waals surface area contributed by atoms with Crippen molar-refractivity contribution in [2.45, 2.75) is 13.3 Å². The van der Waals surface area contributed by atoms with Gasteiger partial charge in [-0.25, -0.2) is 9.98 Å². The van der Waals surface area contributed by atoms with E-state index in [1.165, 1.54) is 10.4 Å². The fourth-order valence-corrected chi connectivity index (χ4v) is 3.48. The van der Waals surface area contributed by atoms with E-state index in [0.29, 0.717) is 0 Å². The molecule has 0 radical (unpaired) electrons. The summed E-state index contributed by atoms with van der Waals surface area (Å²) in [6.45, 7) is 3.90. The highest BCUT2D eigenvalue weighted by Crippen LogP contribution is 2.31. The molecule has 1 aromatic carbocycles. The molecule has 0 aliphatic carbocycles. The predicted octanol–water partition coefficient (Wildman–Crippen LogP) is 2.59. The molecule has 0 fully saturated rings. The average molecular weight is 300 g/mol. The minimum Gasteiger partial charge on any atom is -0.357 e. The van der Waals surface area contributed by atoms with Crippen LogP contribution in [0.15, 0.2) is 29.3 Å². The predicted molar refractivity (Wildman–Crippen MR) is 88.9 cm³/mol. The summed E-state index contributed by atoms with van der Waals surface area (Å²) in [4.78, 5) is 13.1. The number of benzene rings is 1. The Kier molecular flexibility index (Phi) is 4.03. The summed E-state index contributed by atoms with van der Waals surface area (Å²) in [6.07, 6.45) is 0.921. The maximum atomic E-state index is 4.91. The van der Waals surface area contributed by atoms with E-state index in [1.54, 1.807) is 11.3 Å². The first-order valence-corrected chi connectivity index (χ1v) is 7.99. The molecule has 21 heavy (non-hydrogen) atoms. The number of para-hydroxylation sites is 1. The van der Waals surface area contributed by atoms with Gasteiger partial charge in [0.2, 0.25) is 0 Å². The molecule has 4 nitrogen and oxygen atoms in total. The molecule has 0 bridgehead atoms. The number of hydrogen-bond acceptors (Lipinski definition) is 5. The minimum atomic E-state index is 0.910. The van der Waals surface area contributed by atoms with Crippen LogP contribution >= 0.6 is 11.3 Å². The number of aliphatic imine (C=N–C) groups is 1. The zero-order valence-electron chi connectivity index (χ0n) is 12.7. The normalized spacial score (nSPS) is 13.2. The molecule has 0 amide bonds. The Bertz CT molecular complexity index is 675. The van der Waals surface area contributed by atoms with Gasteiger partial charge in [0, 0.05) is 31.4 Å². The van der Waals surface area contributed by atoms with E-state index in [1.807, 2.05) is 13.1 Å². The van der Waals surface area contributed by atoms with Gasteiger partial charge in [-0.3, -0.25) is 0 Å². The molecule has 0 spiro atoms. The fraction of sp³-hybridized carbons (Fsp3) is 0.375. The number of thiazole rings is 1. The van der Waals surface area contributed by atoms with Gasteiger partial charge in [0.05, 0.1) is 10.7 Å². The zero-order valence-corrected chi connectivity index (χ0v) is 13.5. The first-order valence-electron chi connectivity index (χ1n) is 7.18. The smallest absolute Gasteiger partial charge is 0.156 e. The molecule has 110 valence electrons. The minimum absolute atomic E-state index is 0.910. The number of hydrogen-bond donors (Lipinski definition) is 1. The standard InChI is InChI=1S/C16H20N4S/c1-11-18-15-14(21-11)10-12-6-4-5-7-13(12)19-16(15)20(3)9-8-17-2/h4-7,17H,8-10H2,1-3H3. The van der Waals surface area contributed by atoms with E-state index in [9.17, 15) is 0 Å². The summed E-state index contributed by atoms with van der Waals surface area (Å²) in [6, 6.07) is 8.38. The molecule has 3 rings (SSSR count). The number of fused-ring (bicyclic) bond motifs is 2. The molecular formula is C16H20N4S. The summed E-state index contributed by atoms with van der Waals surface area (Å²) in [5, 5.41) is 4.29. The SMILES string of the molecule is CNCCN(C)C1=Nc2ccccc2Cc2sc(C)nc21. The van der Waals surface area contributed by atoms with Crippen LogP contribution < -0.4 is 5.32 Å². The number of aromatic nitrogens is 1. The maximum absolute atomic E-state index is 4.91. The number of amidine groups is 1. The Labute approximate surface area is 129 Å². The Morgan fingerprint density at radius 2 is 2.14 bits per heavy atom. The molecule has 0 saturated carbocycles. The van der Waals surface area contributed by atoms with Gasteiger partial charge >= 0.3 is 0 Å². The molecule has 1 aromatic heterocycles. The summed E-state index contributed by atoms with van der Waals surface area (Å²) < 4.78 is 0. The van der Waals surface area contributed by atoms with E-state index in [2.05, 4.69) is 42.4 Å². The summed E-state index contributed by atoms with van der Waals surface area (Å²) >= 11 is 1.78.